The Hall–Kier alpha value is -3.29. The molecule has 4 rings (SSSR count). The highest BCUT2D eigenvalue weighted by molar-refractivity contribution is 5.56. The molecule has 0 atom stereocenters. The average Bonchev–Trinajstić information content (AvgIpc) is 3.05. The van der Waals surface area contributed by atoms with Crippen molar-refractivity contribution in [2.45, 2.75) is 13.1 Å². The van der Waals surface area contributed by atoms with Crippen molar-refractivity contribution in [1.82, 2.24) is 14.8 Å². The van der Waals surface area contributed by atoms with Gasteiger partial charge in [-0.1, -0.05) is 30.3 Å². The summed E-state index contributed by atoms with van der Waals surface area (Å²) in [7, 11) is 0. The number of fused-ring (bicyclic) bond motifs is 1. The summed E-state index contributed by atoms with van der Waals surface area (Å²) in [5, 5.41) is 19.2. The summed E-state index contributed by atoms with van der Waals surface area (Å²) in [4.78, 5) is 12.0. The molecule has 0 saturated heterocycles. The van der Waals surface area contributed by atoms with Crippen LogP contribution in [-0.2, 0) is 13.1 Å². The summed E-state index contributed by atoms with van der Waals surface area (Å²) in [6, 6.07) is 13.5. The van der Waals surface area contributed by atoms with E-state index in [9.17, 15) is 14.5 Å². The largest absolute Gasteiger partial charge is 0.360 e. The van der Waals surface area contributed by atoms with E-state index < -0.39 is 10.7 Å². The first kappa shape index (κ1) is 15.3. The average molecular weight is 339 g/mol. The number of halogens is 1. The maximum atomic E-state index is 14.3. The van der Waals surface area contributed by atoms with E-state index in [4.69, 9.17) is 0 Å². The van der Waals surface area contributed by atoms with E-state index in [1.807, 2.05) is 39.8 Å². The molecule has 0 N–H and O–H groups in total. The highest BCUT2D eigenvalue weighted by atomic mass is 19.1. The van der Waals surface area contributed by atoms with Gasteiger partial charge in [0, 0.05) is 24.7 Å². The SMILES string of the molecule is O=[N+]([O-])c1ccc(N2CCn3c(nnc3-c3ccccc3)C2)c(F)c1. The van der Waals surface area contributed by atoms with Crippen molar-refractivity contribution in [3.63, 3.8) is 0 Å². The number of nitrogens with zero attached hydrogens (tertiary/aromatic N) is 5. The van der Waals surface area contributed by atoms with Crippen LogP contribution < -0.4 is 4.90 Å². The van der Waals surface area contributed by atoms with Gasteiger partial charge in [-0.25, -0.2) is 4.39 Å². The topological polar surface area (TPSA) is 77.1 Å². The smallest absolute Gasteiger partial charge is 0.272 e. The molecule has 0 fully saturated rings. The zero-order valence-corrected chi connectivity index (χ0v) is 13.2. The van der Waals surface area contributed by atoms with Crippen LogP contribution in [0.15, 0.2) is 48.5 Å². The fourth-order valence-electron chi connectivity index (χ4n) is 3.03. The number of aromatic nitrogens is 3. The lowest BCUT2D eigenvalue weighted by Gasteiger charge is -2.29. The van der Waals surface area contributed by atoms with Crippen LogP contribution >= 0.6 is 0 Å². The van der Waals surface area contributed by atoms with Crippen molar-refractivity contribution < 1.29 is 9.31 Å². The number of hydrogen-bond donors (Lipinski definition) is 0. The monoisotopic (exact) mass is 339 g/mol. The zero-order chi connectivity index (χ0) is 17.4. The van der Waals surface area contributed by atoms with Gasteiger partial charge in [0.05, 0.1) is 23.2 Å². The Kier molecular flexibility index (Phi) is 3.64. The van der Waals surface area contributed by atoms with Gasteiger partial charge in [-0.3, -0.25) is 10.1 Å². The van der Waals surface area contributed by atoms with Gasteiger partial charge in [0.2, 0.25) is 0 Å². The lowest BCUT2D eigenvalue weighted by molar-refractivity contribution is -0.385. The van der Waals surface area contributed by atoms with Crippen LogP contribution in [0.2, 0.25) is 0 Å². The summed E-state index contributed by atoms with van der Waals surface area (Å²) >= 11 is 0. The van der Waals surface area contributed by atoms with Gasteiger partial charge in [0.25, 0.3) is 5.69 Å². The Morgan fingerprint density at radius 2 is 1.88 bits per heavy atom. The van der Waals surface area contributed by atoms with Gasteiger partial charge in [0.15, 0.2) is 17.5 Å². The third-order valence-electron chi connectivity index (χ3n) is 4.27. The van der Waals surface area contributed by atoms with Crippen molar-refractivity contribution in [2.24, 2.45) is 0 Å². The molecule has 7 nitrogen and oxygen atoms in total. The van der Waals surface area contributed by atoms with Crippen LogP contribution in [0.5, 0.6) is 0 Å². The van der Waals surface area contributed by atoms with Crippen LogP contribution in [0.1, 0.15) is 5.82 Å². The lowest BCUT2D eigenvalue weighted by Crippen LogP contribution is -2.34. The Morgan fingerprint density at radius 3 is 2.60 bits per heavy atom. The first-order valence-electron chi connectivity index (χ1n) is 7.80. The maximum Gasteiger partial charge on any atom is 0.272 e. The number of anilines is 1. The summed E-state index contributed by atoms with van der Waals surface area (Å²) in [5.41, 5.74) is 1.06. The van der Waals surface area contributed by atoms with E-state index >= 15 is 0 Å². The van der Waals surface area contributed by atoms with E-state index in [1.54, 1.807) is 0 Å². The first-order chi connectivity index (χ1) is 12.1. The molecule has 2 aromatic carbocycles. The van der Waals surface area contributed by atoms with Gasteiger partial charge in [-0.15, -0.1) is 10.2 Å². The number of non-ortho nitro benzene ring substituents is 1. The molecule has 1 aliphatic heterocycles. The number of rotatable bonds is 3. The van der Waals surface area contributed by atoms with Crippen molar-refractivity contribution in [1.29, 1.82) is 0 Å². The Morgan fingerprint density at radius 1 is 1.08 bits per heavy atom. The first-order valence-corrected chi connectivity index (χ1v) is 7.80. The van der Waals surface area contributed by atoms with Gasteiger partial charge in [0.1, 0.15) is 0 Å². The van der Waals surface area contributed by atoms with Crippen LogP contribution in [-0.4, -0.2) is 26.2 Å². The normalized spacial score (nSPS) is 13.6. The van der Waals surface area contributed by atoms with Crippen molar-refractivity contribution in [2.75, 3.05) is 11.4 Å². The van der Waals surface area contributed by atoms with E-state index in [0.717, 1.165) is 23.3 Å². The minimum Gasteiger partial charge on any atom is -0.360 e. The molecule has 0 bridgehead atoms. The number of hydrogen-bond acceptors (Lipinski definition) is 5. The summed E-state index contributed by atoms with van der Waals surface area (Å²) in [5.74, 6) is 0.924. The number of nitro benzene ring substituents is 1. The second-order valence-corrected chi connectivity index (χ2v) is 5.77. The second kappa shape index (κ2) is 5.97. The van der Waals surface area contributed by atoms with E-state index in [1.165, 1.54) is 12.1 Å². The molecule has 0 aliphatic carbocycles. The second-order valence-electron chi connectivity index (χ2n) is 5.77. The van der Waals surface area contributed by atoms with Crippen molar-refractivity contribution >= 4 is 11.4 Å². The fraction of sp³-hybridized carbons (Fsp3) is 0.176. The molecule has 0 amide bonds. The van der Waals surface area contributed by atoms with Crippen LogP contribution in [0, 0.1) is 15.9 Å². The van der Waals surface area contributed by atoms with Gasteiger partial charge < -0.3 is 9.47 Å². The molecule has 0 radical (unpaired) electrons. The molecule has 0 unspecified atom stereocenters. The Labute approximate surface area is 142 Å². The van der Waals surface area contributed by atoms with Crippen molar-refractivity contribution in [3.8, 4) is 11.4 Å². The molecule has 126 valence electrons. The molecule has 1 aromatic heterocycles. The molecule has 8 heteroatoms. The van der Waals surface area contributed by atoms with E-state index in [2.05, 4.69) is 10.2 Å². The molecule has 0 spiro atoms. The highest BCUT2D eigenvalue weighted by Gasteiger charge is 2.24. The highest BCUT2D eigenvalue weighted by Crippen LogP contribution is 2.28. The lowest BCUT2D eigenvalue weighted by atomic mass is 10.2. The van der Waals surface area contributed by atoms with Gasteiger partial charge >= 0.3 is 0 Å². The Balaban J connectivity index is 1.62. The molecular weight excluding hydrogens is 325 g/mol. The van der Waals surface area contributed by atoms with Crippen molar-refractivity contribution in [3.05, 3.63) is 70.3 Å². The summed E-state index contributed by atoms with van der Waals surface area (Å²) in [6.45, 7) is 1.58. The third kappa shape index (κ3) is 2.71. The number of nitro groups is 1. The van der Waals surface area contributed by atoms with E-state index in [0.29, 0.717) is 25.3 Å². The minimum absolute atomic E-state index is 0.257. The zero-order valence-electron chi connectivity index (χ0n) is 13.2. The van der Waals surface area contributed by atoms with Gasteiger partial charge in [-0.05, 0) is 6.07 Å². The minimum atomic E-state index is -0.606. The van der Waals surface area contributed by atoms with Crippen LogP contribution in [0.25, 0.3) is 11.4 Å². The van der Waals surface area contributed by atoms with Crippen LogP contribution in [0.3, 0.4) is 0 Å². The molecule has 25 heavy (non-hydrogen) atoms. The third-order valence-corrected chi connectivity index (χ3v) is 4.27. The molecule has 3 aromatic rings. The standard InChI is InChI=1S/C17H14FN5O2/c18-14-10-13(23(24)25)6-7-15(14)21-8-9-22-16(11-21)19-20-17(22)12-4-2-1-3-5-12/h1-7,10H,8-9,11H2. The molecule has 1 aliphatic rings. The predicted octanol–water partition coefficient (Wildman–Crippen LogP) is 3.01. The maximum absolute atomic E-state index is 14.3. The number of benzene rings is 2. The summed E-state index contributed by atoms with van der Waals surface area (Å²) in [6.07, 6.45) is 0. The predicted molar refractivity (Wildman–Crippen MR) is 89.6 cm³/mol. The quantitative estimate of drug-likeness (QED) is 0.541. The van der Waals surface area contributed by atoms with Crippen LogP contribution in [0.4, 0.5) is 15.8 Å². The molecule has 2 heterocycles. The van der Waals surface area contributed by atoms with Gasteiger partial charge in [-0.2, -0.15) is 0 Å². The summed E-state index contributed by atoms with van der Waals surface area (Å²) < 4.78 is 16.3. The molecule has 0 saturated carbocycles. The van der Waals surface area contributed by atoms with E-state index in [-0.39, 0.29) is 5.69 Å². The fourth-order valence-corrected chi connectivity index (χ4v) is 3.03. The molecular formula is C17H14FN5O2. The Bertz CT molecular complexity index is 941.